The molecule has 1 heterocycles. The van der Waals surface area contributed by atoms with E-state index in [0.29, 0.717) is 15.1 Å². The first kappa shape index (κ1) is 12.2. The Kier molecular flexibility index (Phi) is 3.54. The van der Waals surface area contributed by atoms with Crippen molar-refractivity contribution in [3.8, 4) is 0 Å². The molecule has 0 bridgehead atoms. The van der Waals surface area contributed by atoms with E-state index in [-0.39, 0.29) is 11.3 Å². The highest BCUT2D eigenvalue weighted by Crippen LogP contribution is 2.21. The quantitative estimate of drug-likeness (QED) is 0.788. The van der Waals surface area contributed by atoms with Crippen LogP contribution in [0.2, 0.25) is 5.02 Å². The molecule has 0 amide bonds. The lowest BCUT2D eigenvalue weighted by Gasteiger charge is -2.02. The van der Waals surface area contributed by atoms with Crippen LogP contribution in [0.15, 0.2) is 41.1 Å². The molecular weight excluding hydrogens is 308 g/mol. The van der Waals surface area contributed by atoms with E-state index in [1.807, 2.05) is 0 Å². The van der Waals surface area contributed by atoms with Crippen LogP contribution in [-0.4, -0.2) is 10.8 Å². The van der Waals surface area contributed by atoms with E-state index in [2.05, 4.69) is 20.9 Å². The number of rotatable bonds is 2. The van der Waals surface area contributed by atoms with E-state index in [9.17, 15) is 9.18 Å². The first-order valence-electron chi connectivity index (χ1n) is 4.67. The molecule has 0 radical (unpaired) electrons. The molecule has 0 atom stereocenters. The molecule has 86 valence electrons. The molecule has 0 N–H and O–H groups in total. The SMILES string of the molecule is O=C(c1cncc(F)c1)c1cc(Cl)cc(Br)c1. The molecule has 0 unspecified atom stereocenters. The predicted molar refractivity (Wildman–Crippen MR) is 66.8 cm³/mol. The summed E-state index contributed by atoms with van der Waals surface area (Å²) < 4.78 is 13.6. The molecule has 0 saturated heterocycles. The van der Waals surface area contributed by atoms with Crippen molar-refractivity contribution in [1.82, 2.24) is 4.98 Å². The van der Waals surface area contributed by atoms with Crippen LogP contribution in [0, 0.1) is 5.82 Å². The summed E-state index contributed by atoms with van der Waals surface area (Å²) >= 11 is 9.08. The van der Waals surface area contributed by atoms with Gasteiger partial charge in [-0.05, 0) is 24.3 Å². The fraction of sp³-hybridized carbons (Fsp3) is 0. The van der Waals surface area contributed by atoms with E-state index in [1.165, 1.54) is 12.3 Å². The third-order valence-electron chi connectivity index (χ3n) is 2.09. The van der Waals surface area contributed by atoms with Crippen molar-refractivity contribution in [3.63, 3.8) is 0 Å². The maximum Gasteiger partial charge on any atom is 0.194 e. The average molecular weight is 315 g/mol. The van der Waals surface area contributed by atoms with Crippen molar-refractivity contribution in [2.45, 2.75) is 0 Å². The van der Waals surface area contributed by atoms with Gasteiger partial charge in [0.2, 0.25) is 0 Å². The van der Waals surface area contributed by atoms with Gasteiger partial charge in [0.25, 0.3) is 0 Å². The third kappa shape index (κ3) is 2.90. The number of carbonyl (C=O) groups is 1. The normalized spacial score (nSPS) is 10.3. The summed E-state index contributed by atoms with van der Waals surface area (Å²) in [5.41, 5.74) is 0.580. The summed E-state index contributed by atoms with van der Waals surface area (Å²) in [5, 5.41) is 0.437. The average Bonchev–Trinajstić information content (AvgIpc) is 2.26. The number of ketones is 1. The molecular formula is C12H6BrClFNO. The number of carbonyl (C=O) groups excluding carboxylic acids is 1. The smallest absolute Gasteiger partial charge is 0.194 e. The zero-order valence-electron chi connectivity index (χ0n) is 8.45. The Hall–Kier alpha value is -1.26. The van der Waals surface area contributed by atoms with Crippen molar-refractivity contribution in [2.24, 2.45) is 0 Å². The number of aromatic nitrogens is 1. The van der Waals surface area contributed by atoms with Crippen molar-refractivity contribution >= 4 is 33.3 Å². The molecule has 1 aromatic carbocycles. The van der Waals surface area contributed by atoms with Gasteiger partial charge in [0.15, 0.2) is 5.78 Å². The van der Waals surface area contributed by atoms with Crippen LogP contribution < -0.4 is 0 Å². The molecule has 0 aliphatic heterocycles. The standard InChI is InChI=1S/C12H6BrClFNO/c13-9-1-7(2-10(14)4-9)12(17)8-3-11(15)6-16-5-8/h1-6H. The minimum absolute atomic E-state index is 0.194. The van der Waals surface area contributed by atoms with E-state index in [4.69, 9.17) is 11.6 Å². The lowest BCUT2D eigenvalue weighted by molar-refractivity contribution is 0.103. The maximum atomic E-state index is 13.0. The fourth-order valence-electron chi connectivity index (χ4n) is 1.39. The maximum absolute atomic E-state index is 13.0. The van der Waals surface area contributed by atoms with Crippen LogP contribution in [0.1, 0.15) is 15.9 Å². The van der Waals surface area contributed by atoms with E-state index in [0.717, 1.165) is 12.3 Å². The van der Waals surface area contributed by atoms with Crippen molar-refractivity contribution in [1.29, 1.82) is 0 Å². The third-order valence-corrected chi connectivity index (χ3v) is 2.77. The van der Waals surface area contributed by atoms with Crippen molar-refractivity contribution in [2.75, 3.05) is 0 Å². The van der Waals surface area contributed by atoms with Crippen LogP contribution in [0.4, 0.5) is 4.39 Å². The zero-order chi connectivity index (χ0) is 12.4. The molecule has 2 rings (SSSR count). The first-order valence-corrected chi connectivity index (χ1v) is 5.85. The Bertz CT molecular complexity index is 568. The second-order valence-corrected chi connectivity index (χ2v) is 4.73. The largest absolute Gasteiger partial charge is 0.289 e. The number of benzene rings is 1. The molecule has 0 aliphatic carbocycles. The number of hydrogen-bond donors (Lipinski definition) is 0. The van der Waals surface area contributed by atoms with Gasteiger partial charge in [-0.15, -0.1) is 0 Å². The van der Waals surface area contributed by atoms with Gasteiger partial charge >= 0.3 is 0 Å². The summed E-state index contributed by atoms with van der Waals surface area (Å²) in [5.74, 6) is -0.864. The molecule has 5 heteroatoms. The topological polar surface area (TPSA) is 30.0 Å². The minimum Gasteiger partial charge on any atom is -0.289 e. The van der Waals surface area contributed by atoms with Gasteiger partial charge in [0.05, 0.1) is 6.20 Å². The van der Waals surface area contributed by atoms with E-state index >= 15 is 0 Å². The van der Waals surface area contributed by atoms with E-state index < -0.39 is 5.82 Å². The molecule has 0 aliphatic rings. The van der Waals surface area contributed by atoms with Crippen LogP contribution >= 0.6 is 27.5 Å². The van der Waals surface area contributed by atoms with Gasteiger partial charge in [-0.25, -0.2) is 4.39 Å². The van der Waals surface area contributed by atoms with Gasteiger partial charge < -0.3 is 0 Å². The van der Waals surface area contributed by atoms with E-state index in [1.54, 1.807) is 12.1 Å². The Morgan fingerprint density at radius 3 is 2.59 bits per heavy atom. The predicted octanol–water partition coefficient (Wildman–Crippen LogP) is 3.87. The lowest BCUT2D eigenvalue weighted by atomic mass is 10.1. The second kappa shape index (κ2) is 4.94. The van der Waals surface area contributed by atoms with Crippen LogP contribution in [-0.2, 0) is 0 Å². The zero-order valence-corrected chi connectivity index (χ0v) is 10.8. The summed E-state index contributed by atoms with van der Waals surface area (Å²) in [6.07, 6.45) is 2.37. The molecule has 0 spiro atoms. The Balaban J connectivity index is 2.43. The van der Waals surface area contributed by atoms with Gasteiger partial charge in [-0.3, -0.25) is 9.78 Å². The van der Waals surface area contributed by atoms with Crippen LogP contribution in [0.25, 0.3) is 0 Å². The molecule has 0 saturated carbocycles. The number of hydrogen-bond acceptors (Lipinski definition) is 2. The van der Waals surface area contributed by atoms with Gasteiger partial charge in [0, 0.05) is 26.8 Å². The second-order valence-electron chi connectivity index (χ2n) is 3.38. The minimum atomic E-state index is -0.544. The summed E-state index contributed by atoms with van der Waals surface area (Å²) in [6, 6.07) is 5.96. The molecule has 2 aromatic rings. The highest BCUT2D eigenvalue weighted by molar-refractivity contribution is 9.10. The number of pyridine rings is 1. The molecule has 0 fully saturated rings. The summed E-state index contributed by atoms with van der Waals surface area (Å²) in [4.78, 5) is 15.7. The number of nitrogens with zero attached hydrogens (tertiary/aromatic N) is 1. The lowest BCUT2D eigenvalue weighted by Crippen LogP contribution is -2.02. The monoisotopic (exact) mass is 313 g/mol. The summed E-state index contributed by atoms with van der Waals surface area (Å²) in [7, 11) is 0. The van der Waals surface area contributed by atoms with Crippen LogP contribution in [0.5, 0.6) is 0 Å². The molecule has 2 nitrogen and oxygen atoms in total. The van der Waals surface area contributed by atoms with Crippen molar-refractivity contribution < 1.29 is 9.18 Å². The fourth-order valence-corrected chi connectivity index (χ4v) is 2.25. The van der Waals surface area contributed by atoms with Gasteiger partial charge in [-0.1, -0.05) is 27.5 Å². The van der Waals surface area contributed by atoms with Crippen LogP contribution in [0.3, 0.4) is 0 Å². The van der Waals surface area contributed by atoms with Gasteiger partial charge in [-0.2, -0.15) is 0 Å². The Morgan fingerprint density at radius 1 is 1.18 bits per heavy atom. The number of halogens is 3. The first-order chi connectivity index (χ1) is 8.06. The highest BCUT2D eigenvalue weighted by Gasteiger charge is 2.11. The Labute approximate surface area is 111 Å². The van der Waals surface area contributed by atoms with Gasteiger partial charge in [0.1, 0.15) is 5.82 Å². The molecule has 1 aromatic heterocycles. The Morgan fingerprint density at radius 2 is 1.94 bits per heavy atom. The van der Waals surface area contributed by atoms with Crippen molar-refractivity contribution in [3.05, 3.63) is 63.1 Å². The molecule has 17 heavy (non-hydrogen) atoms. The highest BCUT2D eigenvalue weighted by atomic mass is 79.9. The summed E-state index contributed by atoms with van der Waals surface area (Å²) in [6.45, 7) is 0.